The van der Waals surface area contributed by atoms with Gasteiger partial charge in [-0.2, -0.15) is 0 Å². The van der Waals surface area contributed by atoms with Crippen LogP contribution in [0.3, 0.4) is 0 Å². The Bertz CT molecular complexity index is 128. The van der Waals surface area contributed by atoms with Gasteiger partial charge in [0.05, 0.1) is 12.2 Å². The molecule has 0 radical (unpaired) electrons. The van der Waals surface area contributed by atoms with Gasteiger partial charge in [-0.05, 0) is 12.8 Å². The van der Waals surface area contributed by atoms with Gasteiger partial charge in [-0.1, -0.05) is 39.5 Å². The third-order valence-corrected chi connectivity index (χ3v) is 2.72. The summed E-state index contributed by atoms with van der Waals surface area (Å²) in [6, 6.07) is 0. The molecule has 0 bridgehead atoms. The zero-order valence-corrected chi connectivity index (χ0v) is 9.37. The summed E-state index contributed by atoms with van der Waals surface area (Å²) in [6.07, 6.45) is 3.91. The Morgan fingerprint density at radius 2 is 1.50 bits per heavy atom. The van der Waals surface area contributed by atoms with E-state index in [1.165, 1.54) is 0 Å². The van der Waals surface area contributed by atoms with Crippen molar-refractivity contribution >= 4 is 0 Å². The maximum absolute atomic E-state index is 10.1. The van der Waals surface area contributed by atoms with Crippen LogP contribution in [0.4, 0.5) is 0 Å². The average molecular weight is 204 g/mol. The van der Waals surface area contributed by atoms with Crippen LogP contribution in [0.25, 0.3) is 0 Å². The number of aliphatic hydroxyl groups is 3. The first-order valence-electron chi connectivity index (χ1n) is 5.62. The van der Waals surface area contributed by atoms with Crippen LogP contribution in [0.1, 0.15) is 52.4 Å². The molecule has 3 N–H and O–H groups in total. The molecule has 0 spiro atoms. The Balaban J connectivity index is 4.16. The second-order valence-corrected chi connectivity index (χ2v) is 4.01. The molecule has 1 atom stereocenters. The number of hydrogen-bond acceptors (Lipinski definition) is 3. The monoisotopic (exact) mass is 204 g/mol. The Morgan fingerprint density at radius 3 is 1.79 bits per heavy atom. The first-order valence-corrected chi connectivity index (χ1v) is 5.62. The summed E-state index contributed by atoms with van der Waals surface area (Å²) < 4.78 is 0. The van der Waals surface area contributed by atoms with E-state index in [4.69, 9.17) is 5.11 Å². The lowest BCUT2D eigenvalue weighted by atomic mass is 9.86. The van der Waals surface area contributed by atoms with Gasteiger partial charge in [-0.3, -0.25) is 0 Å². The molecule has 3 nitrogen and oxygen atoms in total. The minimum Gasteiger partial charge on any atom is -0.394 e. The predicted octanol–water partition coefficient (Wildman–Crippen LogP) is 1.45. The summed E-state index contributed by atoms with van der Waals surface area (Å²) in [5, 5.41) is 28.5. The van der Waals surface area contributed by atoms with E-state index in [9.17, 15) is 10.2 Å². The van der Waals surface area contributed by atoms with Crippen LogP contribution in [0, 0.1) is 0 Å². The first kappa shape index (κ1) is 13.9. The van der Waals surface area contributed by atoms with Gasteiger partial charge in [0, 0.05) is 0 Å². The number of hydrogen-bond donors (Lipinski definition) is 3. The van der Waals surface area contributed by atoms with Crippen molar-refractivity contribution in [2.75, 3.05) is 6.61 Å². The van der Waals surface area contributed by atoms with Crippen LogP contribution in [0.5, 0.6) is 0 Å². The average Bonchev–Trinajstić information content (AvgIpc) is 2.22. The summed E-state index contributed by atoms with van der Waals surface area (Å²) in [4.78, 5) is 0. The van der Waals surface area contributed by atoms with Gasteiger partial charge in [-0.25, -0.2) is 0 Å². The maximum atomic E-state index is 10.1. The molecule has 0 saturated heterocycles. The zero-order valence-electron chi connectivity index (χ0n) is 9.37. The molecule has 0 aromatic carbocycles. The maximum Gasteiger partial charge on any atom is 0.106 e. The standard InChI is InChI=1S/C11H24O3/c1-3-5-7-11(14,8-6-4-2)10(13)9-12/h10,12-14H,3-9H2,1-2H3. The fourth-order valence-corrected chi connectivity index (χ4v) is 1.59. The molecule has 0 aliphatic rings. The second-order valence-electron chi connectivity index (χ2n) is 4.01. The molecule has 0 fully saturated rings. The van der Waals surface area contributed by atoms with E-state index in [-0.39, 0.29) is 6.61 Å². The van der Waals surface area contributed by atoms with Gasteiger partial charge in [0.1, 0.15) is 6.10 Å². The van der Waals surface area contributed by atoms with Crippen molar-refractivity contribution in [1.82, 2.24) is 0 Å². The summed E-state index contributed by atoms with van der Waals surface area (Å²) in [6.45, 7) is 3.74. The molecule has 0 aliphatic heterocycles. The van der Waals surface area contributed by atoms with Crippen molar-refractivity contribution in [3.8, 4) is 0 Å². The van der Waals surface area contributed by atoms with Gasteiger partial charge in [0.15, 0.2) is 0 Å². The Morgan fingerprint density at radius 1 is 1.07 bits per heavy atom. The summed E-state index contributed by atoms with van der Waals surface area (Å²) >= 11 is 0. The summed E-state index contributed by atoms with van der Waals surface area (Å²) in [7, 11) is 0. The fourth-order valence-electron chi connectivity index (χ4n) is 1.59. The normalized spacial score (nSPS) is 14.4. The SMILES string of the molecule is CCCCC(O)(CCCC)C(O)CO. The molecule has 1 unspecified atom stereocenters. The van der Waals surface area contributed by atoms with Crippen LogP contribution < -0.4 is 0 Å². The highest BCUT2D eigenvalue weighted by molar-refractivity contribution is 4.85. The lowest BCUT2D eigenvalue weighted by molar-refractivity contribution is -0.106. The Kier molecular flexibility index (Phi) is 7.15. The van der Waals surface area contributed by atoms with Gasteiger partial charge >= 0.3 is 0 Å². The molecule has 3 heteroatoms. The minimum atomic E-state index is -1.08. The molecule has 0 heterocycles. The van der Waals surface area contributed by atoms with E-state index in [0.29, 0.717) is 12.8 Å². The van der Waals surface area contributed by atoms with Crippen molar-refractivity contribution in [2.45, 2.75) is 64.1 Å². The topological polar surface area (TPSA) is 60.7 Å². The van der Waals surface area contributed by atoms with Crippen molar-refractivity contribution in [2.24, 2.45) is 0 Å². The Hall–Kier alpha value is -0.120. The molecule has 0 amide bonds. The van der Waals surface area contributed by atoms with Crippen LogP contribution >= 0.6 is 0 Å². The van der Waals surface area contributed by atoms with E-state index < -0.39 is 11.7 Å². The van der Waals surface area contributed by atoms with Crippen LogP contribution in [0.2, 0.25) is 0 Å². The molecule has 0 saturated carbocycles. The van der Waals surface area contributed by atoms with Gasteiger partial charge in [0.2, 0.25) is 0 Å². The van der Waals surface area contributed by atoms with Crippen LogP contribution in [0.15, 0.2) is 0 Å². The lowest BCUT2D eigenvalue weighted by Gasteiger charge is -2.32. The smallest absolute Gasteiger partial charge is 0.106 e. The molecule has 0 aromatic rings. The van der Waals surface area contributed by atoms with Crippen molar-refractivity contribution in [3.05, 3.63) is 0 Å². The molecular formula is C11H24O3. The molecule has 0 aromatic heterocycles. The fraction of sp³-hybridized carbons (Fsp3) is 1.00. The van der Waals surface area contributed by atoms with Crippen LogP contribution in [-0.2, 0) is 0 Å². The quantitative estimate of drug-likeness (QED) is 0.561. The van der Waals surface area contributed by atoms with Crippen molar-refractivity contribution in [1.29, 1.82) is 0 Å². The highest BCUT2D eigenvalue weighted by Gasteiger charge is 2.33. The van der Waals surface area contributed by atoms with E-state index in [2.05, 4.69) is 0 Å². The molecule has 14 heavy (non-hydrogen) atoms. The molecule has 0 aliphatic carbocycles. The highest BCUT2D eigenvalue weighted by atomic mass is 16.4. The summed E-state index contributed by atoms with van der Waals surface area (Å²) in [5.41, 5.74) is -1.08. The van der Waals surface area contributed by atoms with Gasteiger partial charge in [-0.15, -0.1) is 0 Å². The third-order valence-electron chi connectivity index (χ3n) is 2.72. The minimum absolute atomic E-state index is 0.357. The molecule has 0 rings (SSSR count). The number of rotatable bonds is 8. The Labute approximate surface area is 86.8 Å². The van der Waals surface area contributed by atoms with E-state index in [0.717, 1.165) is 25.7 Å². The molecular weight excluding hydrogens is 180 g/mol. The van der Waals surface area contributed by atoms with Gasteiger partial charge < -0.3 is 15.3 Å². The van der Waals surface area contributed by atoms with Crippen molar-refractivity contribution < 1.29 is 15.3 Å². The predicted molar refractivity (Wildman–Crippen MR) is 57.1 cm³/mol. The van der Waals surface area contributed by atoms with E-state index in [1.54, 1.807) is 0 Å². The van der Waals surface area contributed by atoms with Crippen molar-refractivity contribution in [3.63, 3.8) is 0 Å². The first-order chi connectivity index (χ1) is 6.60. The molecule has 86 valence electrons. The van der Waals surface area contributed by atoms with E-state index in [1.807, 2.05) is 13.8 Å². The van der Waals surface area contributed by atoms with Crippen LogP contribution in [-0.4, -0.2) is 33.6 Å². The van der Waals surface area contributed by atoms with Gasteiger partial charge in [0.25, 0.3) is 0 Å². The highest BCUT2D eigenvalue weighted by Crippen LogP contribution is 2.25. The largest absolute Gasteiger partial charge is 0.394 e. The number of aliphatic hydroxyl groups excluding tert-OH is 2. The lowest BCUT2D eigenvalue weighted by Crippen LogP contribution is -2.44. The third kappa shape index (κ3) is 4.40. The number of unbranched alkanes of at least 4 members (excludes halogenated alkanes) is 2. The van der Waals surface area contributed by atoms with E-state index >= 15 is 0 Å². The zero-order chi connectivity index (χ0) is 11.0. The second kappa shape index (κ2) is 7.21. The summed E-state index contributed by atoms with van der Waals surface area (Å²) in [5.74, 6) is 0.